The number of aliphatic hydroxyl groups is 1. The van der Waals surface area contributed by atoms with Gasteiger partial charge in [-0.1, -0.05) is 0 Å². The van der Waals surface area contributed by atoms with E-state index in [-0.39, 0.29) is 6.61 Å². The van der Waals surface area contributed by atoms with Crippen LogP contribution in [0.4, 0.5) is 0 Å². The Balaban J connectivity index is 3.57. The predicted molar refractivity (Wildman–Crippen MR) is 72.8 cm³/mol. The lowest BCUT2D eigenvalue weighted by molar-refractivity contribution is -0.251. The first-order valence-corrected chi connectivity index (χ1v) is 6.70. The molecule has 0 fully saturated rings. The molecule has 0 rings (SSSR count). The molecule has 0 aliphatic carbocycles. The van der Waals surface area contributed by atoms with Gasteiger partial charge in [-0.05, 0) is 6.92 Å². The second-order valence-electron chi connectivity index (χ2n) is 4.20. The molecule has 0 spiro atoms. The maximum atomic E-state index is 9.30. The lowest BCUT2D eigenvalue weighted by Crippen LogP contribution is -2.38. The third-order valence-corrected chi connectivity index (χ3v) is 2.42. The smallest absolute Gasteiger partial charge is 0.188 e. The minimum atomic E-state index is -1.03. The third kappa shape index (κ3) is 11.5. The molecule has 7 nitrogen and oxygen atoms in total. The maximum Gasteiger partial charge on any atom is 0.188 e. The Morgan fingerprint density at radius 1 is 0.700 bits per heavy atom. The van der Waals surface area contributed by atoms with Gasteiger partial charge >= 0.3 is 0 Å². The number of aliphatic hydroxyl groups excluding tert-OH is 1. The maximum absolute atomic E-state index is 9.30. The van der Waals surface area contributed by atoms with E-state index in [9.17, 15) is 5.11 Å². The van der Waals surface area contributed by atoms with Gasteiger partial charge in [-0.2, -0.15) is 0 Å². The van der Waals surface area contributed by atoms with Crippen LogP contribution in [0.25, 0.3) is 0 Å². The standard InChI is InChI=1S/C13H28O7/c1-13(12-14,19-10-8-17-6-4-15-2)20-11-9-18-7-5-16-3/h14H,4-12H2,1-3H3. The lowest BCUT2D eigenvalue weighted by atomic mass is 10.3. The normalized spacial score (nSPS) is 12.0. The Bertz CT molecular complexity index is 185. The van der Waals surface area contributed by atoms with E-state index < -0.39 is 5.79 Å². The van der Waals surface area contributed by atoms with Crippen LogP contribution in [0.15, 0.2) is 0 Å². The quantitative estimate of drug-likeness (QED) is 0.338. The summed E-state index contributed by atoms with van der Waals surface area (Å²) in [5, 5.41) is 9.30. The van der Waals surface area contributed by atoms with Crippen LogP contribution >= 0.6 is 0 Å². The molecule has 0 radical (unpaired) electrons. The highest BCUT2D eigenvalue weighted by Gasteiger charge is 2.24. The predicted octanol–water partition coefficient (Wildman–Crippen LogP) is 0.0541. The number of ether oxygens (including phenoxy) is 6. The molecular weight excluding hydrogens is 268 g/mol. The fourth-order valence-electron chi connectivity index (χ4n) is 1.25. The van der Waals surface area contributed by atoms with Gasteiger partial charge in [0.1, 0.15) is 0 Å². The first kappa shape index (κ1) is 19.7. The lowest BCUT2D eigenvalue weighted by Gasteiger charge is -2.28. The Hall–Kier alpha value is -0.280. The molecule has 1 N–H and O–H groups in total. The molecule has 0 saturated heterocycles. The van der Waals surface area contributed by atoms with Crippen LogP contribution in [0.1, 0.15) is 6.92 Å². The van der Waals surface area contributed by atoms with Crippen LogP contribution in [-0.2, 0) is 28.4 Å². The average molecular weight is 296 g/mol. The van der Waals surface area contributed by atoms with Gasteiger partial charge in [-0.25, -0.2) is 0 Å². The minimum absolute atomic E-state index is 0.233. The van der Waals surface area contributed by atoms with Crippen molar-refractivity contribution in [2.75, 3.05) is 73.7 Å². The summed E-state index contributed by atoms with van der Waals surface area (Å²) in [6.07, 6.45) is 0. The van der Waals surface area contributed by atoms with Gasteiger partial charge in [0.15, 0.2) is 5.79 Å². The Kier molecular flexibility index (Phi) is 13.5. The van der Waals surface area contributed by atoms with Crippen molar-refractivity contribution < 1.29 is 33.5 Å². The molecule has 0 atom stereocenters. The van der Waals surface area contributed by atoms with Crippen molar-refractivity contribution in [2.45, 2.75) is 12.7 Å². The Labute approximate surface area is 121 Å². The van der Waals surface area contributed by atoms with Crippen LogP contribution in [-0.4, -0.2) is 84.6 Å². The molecule has 0 bridgehead atoms. The Morgan fingerprint density at radius 2 is 1.10 bits per heavy atom. The molecule has 0 saturated carbocycles. The SMILES string of the molecule is COCCOCCOC(C)(CO)OCCOCCOC. The second kappa shape index (κ2) is 13.7. The summed E-state index contributed by atoms with van der Waals surface area (Å²) in [4.78, 5) is 0. The van der Waals surface area contributed by atoms with Crippen molar-refractivity contribution >= 4 is 0 Å². The van der Waals surface area contributed by atoms with E-state index in [1.54, 1.807) is 21.1 Å². The summed E-state index contributed by atoms with van der Waals surface area (Å²) in [6, 6.07) is 0. The Morgan fingerprint density at radius 3 is 1.45 bits per heavy atom. The zero-order chi connectivity index (χ0) is 15.1. The molecule has 122 valence electrons. The van der Waals surface area contributed by atoms with Crippen LogP contribution in [0.5, 0.6) is 0 Å². The summed E-state index contributed by atoms with van der Waals surface area (Å²) in [5.74, 6) is -1.03. The van der Waals surface area contributed by atoms with Gasteiger partial charge in [0.2, 0.25) is 0 Å². The molecule has 0 aromatic rings. The third-order valence-electron chi connectivity index (χ3n) is 2.42. The summed E-state index contributed by atoms with van der Waals surface area (Å²) >= 11 is 0. The molecule has 0 aliphatic heterocycles. The van der Waals surface area contributed by atoms with Gasteiger partial charge in [-0.3, -0.25) is 0 Å². The fourth-order valence-corrected chi connectivity index (χ4v) is 1.25. The van der Waals surface area contributed by atoms with Gasteiger partial charge in [0.05, 0.1) is 59.5 Å². The summed E-state index contributed by atoms with van der Waals surface area (Å²) in [6.45, 7) is 5.10. The molecule has 0 heterocycles. The van der Waals surface area contributed by atoms with Gasteiger partial charge < -0.3 is 33.5 Å². The summed E-state index contributed by atoms with van der Waals surface area (Å²) in [7, 11) is 3.23. The summed E-state index contributed by atoms with van der Waals surface area (Å²) < 4.78 is 31.2. The van der Waals surface area contributed by atoms with Crippen LogP contribution < -0.4 is 0 Å². The van der Waals surface area contributed by atoms with Crippen molar-refractivity contribution in [3.05, 3.63) is 0 Å². The first-order chi connectivity index (χ1) is 9.68. The number of methoxy groups -OCH3 is 2. The molecule has 0 amide bonds. The van der Waals surface area contributed by atoms with Crippen molar-refractivity contribution in [3.8, 4) is 0 Å². The van der Waals surface area contributed by atoms with Crippen LogP contribution in [0.3, 0.4) is 0 Å². The van der Waals surface area contributed by atoms with Crippen LogP contribution in [0, 0.1) is 0 Å². The topological polar surface area (TPSA) is 75.6 Å². The molecule has 0 aromatic carbocycles. The minimum Gasteiger partial charge on any atom is -0.391 e. The highest BCUT2D eigenvalue weighted by Crippen LogP contribution is 2.11. The average Bonchev–Trinajstić information content (AvgIpc) is 2.46. The zero-order valence-corrected chi connectivity index (χ0v) is 12.8. The van der Waals surface area contributed by atoms with E-state index >= 15 is 0 Å². The van der Waals surface area contributed by atoms with E-state index in [4.69, 9.17) is 28.4 Å². The van der Waals surface area contributed by atoms with Crippen molar-refractivity contribution in [1.82, 2.24) is 0 Å². The van der Waals surface area contributed by atoms with Gasteiger partial charge in [0, 0.05) is 14.2 Å². The largest absolute Gasteiger partial charge is 0.391 e. The van der Waals surface area contributed by atoms with E-state index in [1.165, 1.54) is 0 Å². The van der Waals surface area contributed by atoms with Gasteiger partial charge in [-0.15, -0.1) is 0 Å². The van der Waals surface area contributed by atoms with E-state index in [0.29, 0.717) is 52.9 Å². The number of hydrogen-bond donors (Lipinski definition) is 1. The zero-order valence-electron chi connectivity index (χ0n) is 12.8. The molecule has 20 heavy (non-hydrogen) atoms. The second-order valence-corrected chi connectivity index (χ2v) is 4.20. The highest BCUT2D eigenvalue weighted by molar-refractivity contribution is 4.60. The van der Waals surface area contributed by atoms with Crippen molar-refractivity contribution in [2.24, 2.45) is 0 Å². The molecule has 7 heteroatoms. The van der Waals surface area contributed by atoms with E-state index in [2.05, 4.69) is 0 Å². The van der Waals surface area contributed by atoms with E-state index in [1.807, 2.05) is 0 Å². The number of rotatable bonds is 15. The number of hydrogen-bond acceptors (Lipinski definition) is 7. The van der Waals surface area contributed by atoms with Gasteiger partial charge in [0.25, 0.3) is 0 Å². The molecule has 0 unspecified atom stereocenters. The van der Waals surface area contributed by atoms with Crippen LogP contribution in [0.2, 0.25) is 0 Å². The van der Waals surface area contributed by atoms with E-state index in [0.717, 1.165) is 0 Å². The fraction of sp³-hybridized carbons (Fsp3) is 1.00. The summed E-state index contributed by atoms with van der Waals surface area (Å²) in [5.41, 5.74) is 0. The molecule has 0 aromatic heterocycles. The van der Waals surface area contributed by atoms with Crippen molar-refractivity contribution in [1.29, 1.82) is 0 Å². The highest BCUT2D eigenvalue weighted by atomic mass is 16.7. The molecular formula is C13H28O7. The monoisotopic (exact) mass is 296 g/mol. The first-order valence-electron chi connectivity index (χ1n) is 6.70. The van der Waals surface area contributed by atoms with Crippen molar-refractivity contribution in [3.63, 3.8) is 0 Å². The molecule has 0 aliphatic rings.